The molecule has 2 aromatic rings. The maximum atomic E-state index is 13.0. The normalized spacial score (nSPS) is 25.8. The Bertz CT molecular complexity index is 1090. The Morgan fingerprint density at radius 2 is 1.97 bits per heavy atom. The standard InChI is InChI=1S/C30H40N2O4/c1-5-6-14-35-23-9-7-8-21(15-23)24-16-22-18-30(2,3)28(25(22)17-26(24)34-4)31-29(33)36-27-19-32-12-10-20(27)11-13-32/h7-9,15-17,20,27-28H,5-6,10-14,18-19H2,1-4H3,(H,31,33)/t27-,28?/m1/s1. The lowest BCUT2D eigenvalue weighted by Crippen LogP contribution is -2.53. The Labute approximate surface area is 215 Å². The average Bonchev–Trinajstić information content (AvgIpc) is 3.12. The predicted molar refractivity (Wildman–Crippen MR) is 142 cm³/mol. The summed E-state index contributed by atoms with van der Waals surface area (Å²) in [7, 11) is 1.71. The number of rotatable bonds is 8. The number of nitrogens with one attached hydrogen (secondary N) is 1. The first-order valence-electron chi connectivity index (χ1n) is 13.5. The number of ether oxygens (including phenoxy) is 3. The molecular formula is C30H40N2O4. The van der Waals surface area contributed by atoms with Gasteiger partial charge in [-0.05, 0) is 91.1 Å². The van der Waals surface area contributed by atoms with E-state index in [-0.39, 0.29) is 23.7 Å². The SMILES string of the molecule is CCCCOc1cccc(-c2cc3c(cc2OC)C(NC(=O)O[C@@H]2CN4CCC2CC4)C(C)(C)C3)c1. The molecule has 0 spiro atoms. The number of alkyl carbamates (subject to hydrolysis) is 1. The number of hydrogen-bond donors (Lipinski definition) is 1. The van der Waals surface area contributed by atoms with Crippen LogP contribution in [0.25, 0.3) is 11.1 Å². The van der Waals surface area contributed by atoms with Crippen molar-refractivity contribution in [2.75, 3.05) is 33.4 Å². The summed E-state index contributed by atoms with van der Waals surface area (Å²) in [6, 6.07) is 12.4. The van der Waals surface area contributed by atoms with Crippen LogP contribution in [0, 0.1) is 11.3 Å². The Morgan fingerprint density at radius 1 is 1.17 bits per heavy atom. The van der Waals surface area contributed by atoms with Gasteiger partial charge in [0.15, 0.2) is 0 Å². The fraction of sp³-hybridized carbons (Fsp3) is 0.567. The monoisotopic (exact) mass is 492 g/mol. The van der Waals surface area contributed by atoms with E-state index in [0.29, 0.717) is 5.92 Å². The lowest BCUT2D eigenvalue weighted by atomic mass is 9.85. The highest BCUT2D eigenvalue weighted by Crippen LogP contribution is 2.49. The van der Waals surface area contributed by atoms with Gasteiger partial charge in [-0.25, -0.2) is 4.79 Å². The first-order chi connectivity index (χ1) is 17.4. The van der Waals surface area contributed by atoms with Gasteiger partial charge in [0.05, 0.1) is 19.8 Å². The fourth-order valence-corrected chi connectivity index (χ4v) is 6.17. The predicted octanol–water partition coefficient (Wildman–Crippen LogP) is 5.98. The van der Waals surface area contributed by atoms with E-state index in [1.54, 1.807) is 7.11 Å². The summed E-state index contributed by atoms with van der Waals surface area (Å²) in [6.45, 7) is 10.4. The number of piperidine rings is 3. The molecule has 0 radical (unpaired) electrons. The lowest BCUT2D eigenvalue weighted by Gasteiger charge is -2.44. The van der Waals surface area contributed by atoms with E-state index in [4.69, 9.17) is 14.2 Å². The van der Waals surface area contributed by atoms with Gasteiger partial charge in [-0.3, -0.25) is 4.90 Å². The minimum atomic E-state index is -0.306. The van der Waals surface area contributed by atoms with Crippen molar-refractivity contribution >= 4 is 6.09 Å². The highest BCUT2D eigenvalue weighted by molar-refractivity contribution is 5.75. The number of carbonyl (C=O) groups excluding carboxylic acids is 1. The van der Waals surface area contributed by atoms with Crippen LogP contribution in [0.15, 0.2) is 36.4 Å². The van der Waals surface area contributed by atoms with E-state index in [9.17, 15) is 4.79 Å². The minimum absolute atomic E-state index is 0.000203. The smallest absolute Gasteiger partial charge is 0.407 e. The molecule has 3 fully saturated rings. The van der Waals surface area contributed by atoms with Crippen LogP contribution in [0.4, 0.5) is 4.79 Å². The summed E-state index contributed by atoms with van der Waals surface area (Å²) < 4.78 is 17.8. The molecule has 2 aromatic carbocycles. The topological polar surface area (TPSA) is 60.0 Å². The van der Waals surface area contributed by atoms with Gasteiger partial charge >= 0.3 is 6.09 Å². The maximum Gasteiger partial charge on any atom is 0.407 e. The molecule has 6 heteroatoms. The van der Waals surface area contributed by atoms with Gasteiger partial charge in [0.25, 0.3) is 0 Å². The summed E-state index contributed by atoms with van der Waals surface area (Å²) in [4.78, 5) is 15.4. The quantitative estimate of drug-likeness (QED) is 0.459. The van der Waals surface area contributed by atoms with Crippen molar-refractivity contribution in [1.29, 1.82) is 0 Å². The van der Waals surface area contributed by atoms with Crippen molar-refractivity contribution in [3.63, 3.8) is 0 Å². The van der Waals surface area contributed by atoms with Crippen LogP contribution >= 0.6 is 0 Å². The number of carbonyl (C=O) groups is 1. The number of nitrogens with zero attached hydrogens (tertiary/aromatic N) is 1. The minimum Gasteiger partial charge on any atom is -0.496 e. The summed E-state index contributed by atoms with van der Waals surface area (Å²) >= 11 is 0. The Morgan fingerprint density at radius 3 is 2.67 bits per heavy atom. The van der Waals surface area contributed by atoms with E-state index >= 15 is 0 Å². The van der Waals surface area contributed by atoms with Crippen LogP contribution in [0.3, 0.4) is 0 Å². The summed E-state index contributed by atoms with van der Waals surface area (Å²) in [6.07, 6.45) is 4.96. The third-order valence-electron chi connectivity index (χ3n) is 8.23. The maximum absolute atomic E-state index is 13.0. The van der Waals surface area contributed by atoms with E-state index in [1.807, 2.05) is 12.1 Å². The fourth-order valence-electron chi connectivity index (χ4n) is 6.17. The highest BCUT2D eigenvalue weighted by atomic mass is 16.6. The zero-order chi connectivity index (χ0) is 25.3. The summed E-state index contributed by atoms with van der Waals surface area (Å²) in [5, 5.41) is 3.23. The molecule has 4 aliphatic rings. The van der Waals surface area contributed by atoms with Gasteiger partial charge < -0.3 is 19.5 Å². The second-order valence-corrected chi connectivity index (χ2v) is 11.3. The van der Waals surface area contributed by atoms with Gasteiger partial charge in [0.2, 0.25) is 0 Å². The first-order valence-corrected chi connectivity index (χ1v) is 13.5. The zero-order valence-corrected chi connectivity index (χ0v) is 22.1. The molecule has 1 amide bonds. The van der Waals surface area contributed by atoms with Gasteiger partial charge in [0.1, 0.15) is 17.6 Å². The van der Waals surface area contributed by atoms with Gasteiger partial charge in [-0.15, -0.1) is 0 Å². The third-order valence-corrected chi connectivity index (χ3v) is 8.23. The number of methoxy groups -OCH3 is 1. The first kappa shape index (κ1) is 24.9. The van der Waals surface area contributed by atoms with Crippen LogP contribution in [0.5, 0.6) is 11.5 Å². The number of benzene rings is 2. The Balaban J connectivity index is 1.36. The lowest BCUT2D eigenvalue weighted by molar-refractivity contribution is -0.0349. The van der Waals surface area contributed by atoms with E-state index in [0.717, 1.165) is 86.5 Å². The molecule has 6 rings (SSSR count). The van der Waals surface area contributed by atoms with E-state index in [1.165, 1.54) is 5.56 Å². The molecule has 1 unspecified atom stereocenters. The van der Waals surface area contributed by atoms with Crippen LogP contribution in [-0.4, -0.2) is 50.4 Å². The molecule has 0 saturated carbocycles. The largest absolute Gasteiger partial charge is 0.496 e. The zero-order valence-electron chi connectivity index (χ0n) is 22.1. The molecule has 3 heterocycles. The number of hydrogen-bond acceptors (Lipinski definition) is 5. The van der Waals surface area contributed by atoms with E-state index in [2.05, 4.69) is 55.3 Å². The molecule has 194 valence electrons. The van der Waals surface area contributed by atoms with E-state index < -0.39 is 0 Å². The average molecular weight is 493 g/mol. The van der Waals surface area contributed by atoms with Gasteiger partial charge in [0, 0.05) is 12.1 Å². The van der Waals surface area contributed by atoms with Crippen molar-refractivity contribution in [1.82, 2.24) is 10.2 Å². The molecule has 3 aliphatic heterocycles. The third kappa shape index (κ3) is 5.06. The molecule has 1 aliphatic carbocycles. The van der Waals surface area contributed by atoms with Crippen LogP contribution < -0.4 is 14.8 Å². The van der Waals surface area contributed by atoms with Crippen molar-refractivity contribution in [3.05, 3.63) is 47.5 Å². The van der Waals surface area contributed by atoms with Gasteiger partial charge in [-0.1, -0.05) is 39.3 Å². The molecule has 2 atom stereocenters. The second-order valence-electron chi connectivity index (χ2n) is 11.3. The van der Waals surface area contributed by atoms with Crippen molar-refractivity contribution in [3.8, 4) is 22.6 Å². The Kier molecular flexibility index (Phi) is 7.16. The summed E-state index contributed by atoms with van der Waals surface area (Å²) in [5.41, 5.74) is 4.33. The number of amides is 1. The van der Waals surface area contributed by atoms with Crippen molar-refractivity contribution < 1.29 is 19.0 Å². The molecule has 36 heavy (non-hydrogen) atoms. The molecule has 6 nitrogen and oxygen atoms in total. The van der Waals surface area contributed by atoms with Gasteiger partial charge in [-0.2, -0.15) is 0 Å². The Hall–Kier alpha value is -2.73. The summed E-state index contributed by atoms with van der Waals surface area (Å²) in [5.74, 6) is 2.17. The number of fused-ring (bicyclic) bond motifs is 4. The van der Waals surface area contributed by atoms with Crippen molar-refractivity contribution in [2.24, 2.45) is 11.3 Å². The highest BCUT2D eigenvalue weighted by Gasteiger charge is 2.42. The molecule has 0 aromatic heterocycles. The van der Waals surface area contributed by atoms with Crippen molar-refractivity contribution in [2.45, 2.75) is 65.0 Å². The molecule has 1 N–H and O–H groups in total. The van der Waals surface area contributed by atoms with Crippen LogP contribution in [-0.2, 0) is 11.2 Å². The second kappa shape index (κ2) is 10.3. The number of unbranched alkanes of at least 4 members (excludes halogenated alkanes) is 1. The molecular weight excluding hydrogens is 452 g/mol. The van der Waals surface area contributed by atoms with Crippen LogP contribution in [0.2, 0.25) is 0 Å². The molecule has 3 saturated heterocycles. The molecule has 2 bridgehead atoms. The van der Waals surface area contributed by atoms with Crippen LogP contribution in [0.1, 0.15) is 63.6 Å².